The zero-order valence-corrected chi connectivity index (χ0v) is 10.8. The summed E-state index contributed by atoms with van der Waals surface area (Å²) < 4.78 is 6.69. The standard InChI is InChI=1S/C14H12BrO/c1-10-6-5-9-13(11(10)2)16-14-8-4-3-7-12(14)15/h3-6,8-9H,1-2H3. The van der Waals surface area contributed by atoms with Crippen LogP contribution in [0.5, 0.6) is 11.5 Å². The average molecular weight is 276 g/mol. The molecule has 0 N–H and O–H groups in total. The maximum atomic E-state index is 5.84. The van der Waals surface area contributed by atoms with Gasteiger partial charge in [-0.15, -0.1) is 0 Å². The summed E-state index contributed by atoms with van der Waals surface area (Å²) in [5.74, 6) is 1.68. The SMILES string of the molecule is Cc1cccc(Oc2ccc[c]c2Br)c1C. The molecule has 0 saturated carbocycles. The Hall–Kier alpha value is -1.28. The van der Waals surface area contributed by atoms with Crippen LogP contribution in [0.25, 0.3) is 0 Å². The molecule has 0 aliphatic heterocycles. The molecule has 0 bridgehead atoms. The van der Waals surface area contributed by atoms with Crippen molar-refractivity contribution in [3.63, 3.8) is 0 Å². The molecular formula is C14H12BrO. The number of rotatable bonds is 2. The fraction of sp³-hybridized carbons (Fsp3) is 0.143. The van der Waals surface area contributed by atoms with Gasteiger partial charge in [-0.1, -0.05) is 24.3 Å². The highest BCUT2D eigenvalue weighted by molar-refractivity contribution is 9.10. The van der Waals surface area contributed by atoms with Crippen molar-refractivity contribution >= 4 is 15.9 Å². The lowest BCUT2D eigenvalue weighted by molar-refractivity contribution is 0.475. The summed E-state index contributed by atoms with van der Waals surface area (Å²) in [5.41, 5.74) is 2.40. The molecule has 16 heavy (non-hydrogen) atoms. The van der Waals surface area contributed by atoms with E-state index >= 15 is 0 Å². The summed E-state index contributed by atoms with van der Waals surface area (Å²) >= 11 is 3.42. The van der Waals surface area contributed by atoms with Crippen LogP contribution in [0.1, 0.15) is 11.1 Å². The first-order valence-electron chi connectivity index (χ1n) is 5.09. The molecule has 0 atom stereocenters. The van der Waals surface area contributed by atoms with Gasteiger partial charge in [0.15, 0.2) is 0 Å². The largest absolute Gasteiger partial charge is 0.456 e. The van der Waals surface area contributed by atoms with Crippen molar-refractivity contribution in [2.75, 3.05) is 0 Å². The van der Waals surface area contributed by atoms with Crippen LogP contribution in [0.15, 0.2) is 40.9 Å². The van der Waals surface area contributed by atoms with E-state index in [1.165, 1.54) is 11.1 Å². The molecule has 2 aromatic carbocycles. The van der Waals surface area contributed by atoms with Gasteiger partial charge in [0.25, 0.3) is 0 Å². The molecular weight excluding hydrogens is 264 g/mol. The van der Waals surface area contributed by atoms with Crippen LogP contribution < -0.4 is 4.74 Å². The molecule has 0 heterocycles. The predicted octanol–water partition coefficient (Wildman–Crippen LogP) is 4.66. The maximum absolute atomic E-state index is 5.84. The minimum absolute atomic E-state index is 0.788. The lowest BCUT2D eigenvalue weighted by atomic mass is 10.1. The van der Waals surface area contributed by atoms with Gasteiger partial charge < -0.3 is 4.74 Å². The van der Waals surface area contributed by atoms with Crippen LogP contribution >= 0.6 is 15.9 Å². The van der Waals surface area contributed by atoms with Gasteiger partial charge in [-0.25, -0.2) is 0 Å². The third-order valence-corrected chi connectivity index (χ3v) is 3.16. The molecule has 0 unspecified atom stereocenters. The van der Waals surface area contributed by atoms with E-state index in [2.05, 4.69) is 41.9 Å². The molecule has 2 rings (SSSR count). The molecule has 0 aliphatic rings. The molecule has 2 aromatic rings. The molecule has 1 radical (unpaired) electrons. The average Bonchev–Trinajstić information content (AvgIpc) is 2.28. The quantitative estimate of drug-likeness (QED) is 0.775. The van der Waals surface area contributed by atoms with Gasteiger partial charge in [0.1, 0.15) is 11.5 Å². The minimum Gasteiger partial charge on any atom is -0.456 e. The Morgan fingerprint density at radius 1 is 1.06 bits per heavy atom. The second-order valence-corrected chi connectivity index (χ2v) is 4.44. The van der Waals surface area contributed by atoms with E-state index in [0.717, 1.165) is 16.0 Å². The topological polar surface area (TPSA) is 9.23 Å². The number of halogens is 1. The van der Waals surface area contributed by atoms with Crippen LogP contribution in [0.4, 0.5) is 0 Å². The third-order valence-electron chi connectivity index (χ3n) is 2.55. The van der Waals surface area contributed by atoms with Crippen molar-refractivity contribution < 1.29 is 4.74 Å². The number of hydrogen-bond acceptors (Lipinski definition) is 1. The lowest BCUT2D eigenvalue weighted by Crippen LogP contribution is -1.90. The molecule has 1 nitrogen and oxygen atoms in total. The van der Waals surface area contributed by atoms with Crippen molar-refractivity contribution in [2.45, 2.75) is 13.8 Å². The van der Waals surface area contributed by atoms with Crippen molar-refractivity contribution in [2.24, 2.45) is 0 Å². The zero-order chi connectivity index (χ0) is 11.5. The first-order chi connectivity index (χ1) is 7.68. The van der Waals surface area contributed by atoms with Crippen LogP contribution in [0.3, 0.4) is 0 Å². The lowest BCUT2D eigenvalue weighted by Gasteiger charge is -2.11. The molecule has 0 amide bonds. The van der Waals surface area contributed by atoms with E-state index in [1.54, 1.807) is 0 Å². The first-order valence-corrected chi connectivity index (χ1v) is 5.88. The van der Waals surface area contributed by atoms with Crippen molar-refractivity contribution in [3.8, 4) is 11.5 Å². The highest BCUT2D eigenvalue weighted by Gasteiger charge is 2.05. The van der Waals surface area contributed by atoms with Crippen LogP contribution in [-0.4, -0.2) is 0 Å². The van der Waals surface area contributed by atoms with E-state index in [4.69, 9.17) is 4.74 Å². The second kappa shape index (κ2) is 4.71. The molecule has 0 fully saturated rings. The summed E-state index contributed by atoms with van der Waals surface area (Å²) in [5, 5.41) is 0. The van der Waals surface area contributed by atoms with Gasteiger partial charge in [0.2, 0.25) is 0 Å². The van der Waals surface area contributed by atoms with Crippen LogP contribution in [0.2, 0.25) is 0 Å². The predicted molar refractivity (Wildman–Crippen MR) is 69.0 cm³/mol. The number of aryl methyl sites for hydroxylation is 1. The van der Waals surface area contributed by atoms with E-state index in [-0.39, 0.29) is 0 Å². The molecule has 81 valence electrons. The fourth-order valence-electron chi connectivity index (χ4n) is 1.43. The van der Waals surface area contributed by atoms with Crippen molar-refractivity contribution in [1.29, 1.82) is 0 Å². The van der Waals surface area contributed by atoms with E-state index < -0.39 is 0 Å². The van der Waals surface area contributed by atoms with Gasteiger partial charge in [0.05, 0.1) is 4.47 Å². The van der Waals surface area contributed by atoms with Gasteiger partial charge in [-0.3, -0.25) is 0 Å². The number of ether oxygens (including phenoxy) is 1. The highest BCUT2D eigenvalue weighted by atomic mass is 79.9. The van der Waals surface area contributed by atoms with Crippen LogP contribution in [-0.2, 0) is 0 Å². The van der Waals surface area contributed by atoms with Crippen LogP contribution in [0, 0.1) is 19.9 Å². The molecule has 0 saturated heterocycles. The Balaban J connectivity index is 2.35. The van der Waals surface area contributed by atoms with Crippen molar-refractivity contribution in [3.05, 3.63) is 58.1 Å². The summed E-state index contributed by atoms with van der Waals surface area (Å²) in [6, 6.07) is 14.8. The third kappa shape index (κ3) is 2.27. The van der Waals surface area contributed by atoms with Gasteiger partial charge in [0, 0.05) is 6.07 Å². The Morgan fingerprint density at radius 2 is 1.81 bits per heavy atom. The Bertz CT molecular complexity index is 506. The minimum atomic E-state index is 0.788. The summed E-state index contributed by atoms with van der Waals surface area (Å²) in [6.07, 6.45) is 0. The monoisotopic (exact) mass is 275 g/mol. The summed E-state index contributed by atoms with van der Waals surface area (Å²) in [4.78, 5) is 0. The zero-order valence-electron chi connectivity index (χ0n) is 9.25. The number of benzene rings is 2. The molecule has 0 aliphatic carbocycles. The van der Waals surface area contributed by atoms with Gasteiger partial charge >= 0.3 is 0 Å². The first kappa shape index (κ1) is 11.2. The number of hydrogen-bond donors (Lipinski definition) is 0. The van der Waals surface area contributed by atoms with E-state index in [9.17, 15) is 0 Å². The second-order valence-electron chi connectivity index (χ2n) is 3.65. The Morgan fingerprint density at radius 3 is 2.56 bits per heavy atom. The Kier molecular flexibility index (Phi) is 3.30. The molecule has 0 aromatic heterocycles. The normalized spacial score (nSPS) is 10.2. The van der Waals surface area contributed by atoms with Gasteiger partial charge in [-0.2, -0.15) is 0 Å². The summed E-state index contributed by atoms with van der Waals surface area (Å²) in [6.45, 7) is 4.14. The smallest absolute Gasteiger partial charge is 0.142 e. The van der Waals surface area contributed by atoms with Crippen molar-refractivity contribution in [1.82, 2.24) is 0 Å². The maximum Gasteiger partial charge on any atom is 0.142 e. The van der Waals surface area contributed by atoms with E-state index in [0.29, 0.717) is 0 Å². The molecule has 2 heteroatoms. The molecule has 0 spiro atoms. The van der Waals surface area contributed by atoms with E-state index in [1.807, 2.05) is 30.3 Å². The summed E-state index contributed by atoms with van der Waals surface area (Å²) in [7, 11) is 0. The highest BCUT2D eigenvalue weighted by Crippen LogP contribution is 2.31. The Labute approximate surface area is 104 Å². The van der Waals surface area contributed by atoms with Gasteiger partial charge in [-0.05, 0) is 53.0 Å². The fourth-order valence-corrected chi connectivity index (χ4v) is 1.78.